The maximum Gasteiger partial charge on any atom is 0.410 e. The van der Waals surface area contributed by atoms with E-state index in [0.717, 1.165) is 5.56 Å². The van der Waals surface area contributed by atoms with Gasteiger partial charge in [0.25, 0.3) is 0 Å². The molecule has 1 aliphatic heterocycles. The Morgan fingerprint density at radius 1 is 1.04 bits per heavy atom. The van der Waals surface area contributed by atoms with E-state index in [0.29, 0.717) is 31.9 Å². The van der Waals surface area contributed by atoms with Crippen LogP contribution in [0, 0.1) is 0 Å². The van der Waals surface area contributed by atoms with Crippen molar-refractivity contribution in [3.63, 3.8) is 0 Å². The van der Waals surface area contributed by atoms with E-state index in [1.54, 1.807) is 9.80 Å². The van der Waals surface area contributed by atoms with E-state index in [1.165, 1.54) is 12.4 Å². The van der Waals surface area contributed by atoms with Crippen molar-refractivity contribution in [2.24, 2.45) is 0 Å². The molecular weight excluding hydrogens is 370 g/mol. The number of rotatable bonds is 4. The van der Waals surface area contributed by atoms with Crippen molar-refractivity contribution >= 4 is 23.7 Å². The second kappa shape index (κ2) is 9.18. The Morgan fingerprint density at radius 3 is 2.41 bits per heavy atom. The van der Waals surface area contributed by atoms with Gasteiger partial charge in [-0.2, -0.15) is 0 Å². The second-order valence-electron chi connectivity index (χ2n) is 5.97. The first-order valence-corrected chi connectivity index (χ1v) is 8.95. The molecule has 1 N–H and O–H groups in total. The molecule has 0 spiro atoms. The van der Waals surface area contributed by atoms with Crippen molar-refractivity contribution in [2.45, 2.75) is 13.2 Å². The van der Waals surface area contributed by atoms with Crippen molar-refractivity contribution < 1.29 is 14.3 Å². The van der Waals surface area contributed by atoms with E-state index in [2.05, 4.69) is 15.3 Å². The van der Waals surface area contributed by atoms with Gasteiger partial charge < -0.3 is 19.9 Å². The fourth-order valence-corrected chi connectivity index (χ4v) is 2.81. The lowest BCUT2D eigenvalue weighted by Gasteiger charge is -2.34. The number of carbonyl (C=O) groups excluding carboxylic acids is 2. The highest BCUT2D eigenvalue weighted by molar-refractivity contribution is 6.29. The van der Waals surface area contributed by atoms with Gasteiger partial charge in [0.1, 0.15) is 6.61 Å². The van der Waals surface area contributed by atoms with E-state index < -0.39 is 0 Å². The molecule has 0 radical (unpaired) electrons. The molecule has 9 heteroatoms. The van der Waals surface area contributed by atoms with Gasteiger partial charge in [-0.05, 0) is 5.56 Å². The van der Waals surface area contributed by atoms with Crippen molar-refractivity contribution in [2.75, 3.05) is 26.2 Å². The molecule has 1 saturated heterocycles. The highest BCUT2D eigenvalue weighted by atomic mass is 35.5. The second-order valence-corrected chi connectivity index (χ2v) is 6.32. The summed E-state index contributed by atoms with van der Waals surface area (Å²) in [4.78, 5) is 35.7. The van der Waals surface area contributed by atoms with Gasteiger partial charge in [-0.3, -0.25) is 4.98 Å². The Balaban J connectivity index is 1.40. The fourth-order valence-electron chi connectivity index (χ4n) is 2.64. The number of halogens is 1. The summed E-state index contributed by atoms with van der Waals surface area (Å²) in [6.45, 7) is 2.14. The van der Waals surface area contributed by atoms with Crippen LogP contribution in [0.3, 0.4) is 0 Å². The predicted octanol–water partition coefficient (Wildman–Crippen LogP) is 2.29. The third-order valence-electron chi connectivity index (χ3n) is 4.16. The molecule has 1 fully saturated rings. The summed E-state index contributed by atoms with van der Waals surface area (Å²) in [5.74, 6) is 0. The first kappa shape index (κ1) is 18.9. The minimum atomic E-state index is -0.370. The number of amides is 3. The van der Waals surface area contributed by atoms with Crippen LogP contribution in [-0.4, -0.2) is 58.1 Å². The number of urea groups is 1. The summed E-state index contributed by atoms with van der Waals surface area (Å²) in [5, 5.41) is 3.03. The monoisotopic (exact) mass is 389 g/mol. The van der Waals surface area contributed by atoms with Crippen LogP contribution < -0.4 is 5.32 Å². The number of ether oxygens (including phenoxy) is 1. The average molecular weight is 390 g/mol. The van der Waals surface area contributed by atoms with Crippen molar-refractivity contribution in [1.29, 1.82) is 0 Å². The van der Waals surface area contributed by atoms with E-state index in [-0.39, 0.29) is 30.4 Å². The highest BCUT2D eigenvalue weighted by Crippen LogP contribution is 2.09. The molecule has 8 nitrogen and oxygen atoms in total. The SMILES string of the molecule is O=C(NCc1nccnc1Cl)N1CCN(C(=O)OCc2ccccc2)CC1. The van der Waals surface area contributed by atoms with Crippen molar-refractivity contribution in [3.8, 4) is 0 Å². The molecular formula is C18H20ClN5O3. The van der Waals surface area contributed by atoms with Crippen LogP contribution in [0.5, 0.6) is 0 Å². The number of carbonyl (C=O) groups is 2. The average Bonchev–Trinajstić information content (AvgIpc) is 2.72. The quantitative estimate of drug-likeness (QED) is 0.866. The van der Waals surface area contributed by atoms with Gasteiger partial charge in [0, 0.05) is 38.6 Å². The first-order chi connectivity index (χ1) is 13.1. The van der Waals surface area contributed by atoms with E-state index >= 15 is 0 Å². The van der Waals surface area contributed by atoms with Crippen LogP contribution >= 0.6 is 11.6 Å². The molecule has 2 heterocycles. The Morgan fingerprint density at radius 2 is 1.70 bits per heavy atom. The molecule has 2 aromatic rings. The normalized spacial score (nSPS) is 14.0. The van der Waals surface area contributed by atoms with Gasteiger partial charge in [-0.25, -0.2) is 14.6 Å². The lowest BCUT2D eigenvalue weighted by atomic mass is 10.2. The smallest absolute Gasteiger partial charge is 0.410 e. The molecule has 0 atom stereocenters. The van der Waals surface area contributed by atoms with Crippen LogP contribution in [0.1, 0.15) is 11.3 Å². The fraction of sp³-hybridized carbons (Fsp3) is 0.333. The molecule has 1 aromatic carbocycles. The van der Waals surface area contributed by atoms with Crippen LogP contribution in [0.15, 0.2) is 42.7 Å². The minimum Gasteiger partial charge on any atom is -0.445 e. The first-order valence-electron chi connectivity index (χ1n) is 8.57. The lowest BCUT2D eigenvalue weighted by molar-refractivity contribution is 0.0768. The van der Waals surface area contributed by atoms with E-state index in [9.17, 15) is 9.59 Å². The number of aromatic nitrogens is 2. The molecule has 142 valence electrons. The largest absolute Gasteiger partial charge is 0.445 e. The Hall–Kier alpha value is -2.87. The van der Waals surface area contributed by atoms with Crippen LogP contribution in [0.25, 0.3) is 0 Å². The van der Waals surface area contributed by atoms with Gasteiger partial charge >= 0.3 is 12.1 Å². The molecule has 3 rings (SSSR count). The molecule has 0 bridgehead atoms. The van der Waals surface area contributed by atoms with Gasteiger partial charge in [0.05, 0.1) is 12.2 Å². The predicted molar refractivity (Wildman–Crippen MR) is 99.1 cm³/mol. The molecule has 27 heavy (non-hydrogen) atoms. The Kier molecular flexibility index (Phi) is 6.43. The van der Waals surface area contributed by atoms with Crippen molar-refractivity contribution in [3.05, 3.63) is 59.1 Å². The summed E-state index contributed by atoms with van der Waals surface area (Å²) >= 11 is 5.92. The zero-order chi connectivity index (χ0) is 19.1. The molecule has 0 aliphatic carbocycles. The topological polar surface area (TPSA) is 87.7 Å². The number of nitrogens with one attached hydrogen (secondary N) is 1. The zero-order valence-corrected chi connectivity index (χ0v) is 15.4. The Labute approximate surface area is 162 Å². The van der Waals surface area contributed by atoms with Gasteiger partial charge in [0.15, 0.2) is 5.15 Å². The summed E-state index contributed by atoms with van der Waals surface area (Å²) in [5.41, 5.74) is 1.45. The third-order valence-corrected chi connectivity index (χ3v) is 4.48. The maximum absolute atomic E-state index is 12.3. The third kappa shape index (κ3) is 5.30. The van der Waals surface area contributed by atoms with E-state index in [4.69, 9.17) is 16.3 Å². The van der Waals surface area contributed by atoms with Gasteiger partial charge in [0.2, 0.25) is 0 Å². The molecule has 1 aromatic heterocycles. The van der Waals surface area contributed by atoms with Crippen LogP contribution in [-0.2, 0) is 17.9 Å². The number of piperazine rings is 1. The van der Waals surface area contributed by atoms with E-state index in [1.807, 2.05) is 30.3 Å². The standard InChI is InChI=1S/C18H20ClN5O3/c19-16-15(20-6-7-21-16)12-22-17(25)23-8-10-24(11-9-23)18(26)27-13-14-4-2-1-3-5-14/h1-7H,8-13H2,(H,22,25). The maximum atomic E-state index is 12.3. The minimum absolute atomic E-state index is 0.199. The van der Waals surface area contributed by atoms with Crippen LogP contribution in [0.4, 0.5) is 9.59 Å². The molecule has 3 amide bonds. The summed E-state index contributed by atoms with van der Waals surface area (Å²) in [7, 11) is 0. The number of nitrogens with zero attached hydrogens (tertiary/aromatic N) is 4. The lowest BCUT2D eigenvalue weighted by Crippen LogP contribution is -2.53. The molecule has 0 saturated carbocycles. The number of hydrogen-bond donors (Lipinski definition) is 1. The van der Waals surface area contributed by atoms with Gasteiger partial charge in [-0.15, -0.1) is 0 Å². The van der Waals surface area contributed by atoms with Crippen molar-refractivity contribution in [1.82, 2.24) is 25.1 Å². The van der Waals surface area contributed by atoms with Gasteiger partial charge in [-0.1, -0.05) is 41.9 Å². The Bertz CT molecular complexity index is 782. The molecule has 0 unspecified atom stereocenters. The number of hydrogen-bond acceptors (Lipinski definition) is 5. The summed E-state index contributed by atoms with van der Waals surface area (Å²) in [6, 6.07) is 9.28. The highest BCUT2D eigenvalue weighted by Gasteiger charge is 2.25. The summed E-state index contributed by atoms with van der Waals surface area (Å²) in [6.07, 6.45) is 2.64. The zero-order valence-electron chi connectivity index (χ0n) is 14.7. The molecule has 1 aliphatic rings. The number of benzene rings is 1. The summed E-state index contributed by atoms with van der Waals surface area (Å²) < 4.78 is 5.32. The van der Waals surface area contributed by atoms with Crippen LogP contribution in [0.2, 0.25) is 5.15 Å².